The number of hydrogen-bond donors (Lipinski definition) is 2. The van der Waals surface area contributed by atoms with E-state index in [1.54, 1.807) is 12.3 Å². The molecule has 6 heteroatoms. The fourth-order valence-electron chi connectivity index (χ4n) is 3.91. The van der Waals surface area contributed by atoms with Crippen molar-refractivity contribution >= 4 is 28.5 Å². The predicted molar refractivity (Wildman–Crippen MR) is 117 cm³/mol. The highest BCUT2D eigenvalue weighted by Crippen LogP contribution is 2.32. The first kappa shape index (κ1) is 19.5. The van der Waals surface area contributed by atoms with Gasteiger partial charge in [0.25, 0.3) is 5.91 Å². The van der Waals surface area contributed by atoms with Gasteiger partial charge in [0, 0.05) is 61.0 Å². The normalized spacial score (nSPS) is 19.2. The van der Waals surface area contributed by atoms with Crippen molar-refractivity contribution in [3.05, 3.63) is 60.0 Å². The van der Waals surface area contributed by atoms with E-state index in [4.69, 9.17) is 0 Å². The average molecular weight is 394 g/mol. The summed E-state index contributed by atoms with van der Waals surface area (Å²) in [6.07, 6.45) is 2.82. The maximum Gasteiger partial charge on any atom is 0.257 e. The molecule has 1 amide bonds. The monoisotopic (exact) mass is 394 g/mol. The van der Waals surface area contributed by atoms with Crippen molar-refractivity contribution in [2.45, 2.75) is 26.3 Å². The summed E-state index contributed by atoms with van der Waals surface area (Å²) < 4.78 is 13.5. The minimum atomic E-state index is -0.357. The van der Waals surface area contributed by atoms with Gasteiger partial charge in [-0.05, 0) is 55.8 Å². The number of halogens is 1. The van der Waals surface area contributed by atoms with Crippen LogP contribution in [0.3, 0.4) is 0 Å². The topological polar surface area (TPSA) is 47.6 Å². The van der Waals surface area contributed by atoms with E-state index < -0.39 is 0 Å². The quantitative estimate of drug-likeness (QED) is 0.748. The van der Waals surface area contributed by atoms with Crippen molar-refractivity contribution in [3.63, 3.8) is 0 Å². The van der Waals surface area contributed by atoms with Gasteiger partial charge in [0.05, 0.1) is 5.57 Å². The maximum atomic E-state index is 13.5. The van der Waals surface area contributed by atoms with Crippen LogP contribution in [-0.2, 0) is 4.79 Å². The van der Waals surface area contributed by atoms with E-state index in [-0.39, 0.29) is 11.7 Å². The summed E-state index contributed by atoms with van der Waals surface area (Å²) in [5, 5.41) is 5.92. The molecule has 2 N–H and O–H groups in total. The van der Waals surface area contributed by atoms with E-state index >= 15 is 0 Å². The number of hydrogen-bond acceptors (Lipinski definition) is 4. The second-order valence-electron chi connectivity index (χ2n) is 7.67. The highest BCUT2D eigenvalue weighted by molar-refractivity contribution is 6.31. The number of carbonyl (C=O) groups is 1. The van der Waals surface area contributed by atoms with Crippen molar-refractivity contribution < 1.29 is 9.18 Å². The van der Waals surface area contributed by atoms with E-state index in [0.717, 1.165) is 31.9 Å². The zero-order valence-corrected chi connectivity index (χ0v) is 16.9. The van der Waals surface area contributed by atoms with Crippen LogP contribution in [0.5, 0.6) is 0 Å². The average Bonchev–Trinajstić information content (AvgIpc) is 3.06. The van der Waals surface area contributed by atoms with Gasteiger partial charge < -0.3 is 15.5 Å². The molecule has 29 heavy (non-hydrogen) atoms. The molecule has 2 aromatic carbocycles. The van der Waals surface area contributed by atoms with E-state index in [1.165, 1.54) is 24.2 Å². The molecule has 0 bridgehead atoms. The van der Waals surface area contributed by atoms with Crippen molar-refractivity contribution in [1.29, 1.82) is 0 Å². The molecule has 0 aromatic heterocycles. The molecule has 0 saturated carbocycles. The van der Waals surface area contributed by atoms with Crippen LogP contribution in [-0.4, -0.2) is 43.0 Å². The second kappa shape index (κ2) is 8.25. The molecule has 1 unspecified atom stereocenters. The highest BCUT2D eigenvalue weighted by Gasteiger charge is 2.24. The molecule has 2 aliphatic rings. The Labute approximate surface area is 171 Å². The molecule has 152 valence electrons. The predicted octanol–water partition coefficient (Wildman–Crippen LogP) is 4.15. The van der Waals surface area contributed by atoms with Crippen molar-refractivity contribution in [3.8, 4) is 0 Å². The van der Waals surface area contributed by atoms with Crippen LogP contribution in [0.15, 0.2) is 48.7 Å². The van der Waals surface area contributed by atoms with Crippen molar-refractivity contribution in [2.75, 3.05) is 41.7 Å². The molecule has 1 saturated heterocycles. The Hall–Kier alpha value is -2.86. The smallest absolute Gasteiger partial charge is 0.257 e. The number of piperazine rings is 1. The fourth-order valence-corrected chi connectivity index (χ4v) is 3.91. The fraction of sp³-hybridized carbons (Fsp3) is 0.348. The highest BCUT2D eigenvalue weighted by atomic mass is 19.1. The van der Waals surface area contributed by atoms with Crippen LogP contribution in [0.4, 0.5) is 21.5 Å². The number of amides is 1. The molecular formula is C23H27FN4O. The first-order valence-electron chi connectivity index (χ1n) is 10.2. The minimum absolute atomic E-state index is 0.228. The Bertz CT molecular complexity index is 917. The van der Waals surface area contributed by atoms with Crippen LogP contribution in [0.1, 0.15) is 25.8 Å². The lowest BCUT2D eigenvalue weighted by atomic mass is 10.1. The van der Waals surface area contributed by atoms with Crippen LogP contribution < -0.4 is 15.5 Å². The number of benzene rings is 2. The van der Waals surface area contributed by atoms with Crippen LogP contribution in [0, 0.1) is 5.82 Å². The Balaban J connectivity index is 1.40. The van der Waals surface area contributed by atoms with Crippen molar-refractivity contribution in [2.24, 2.45) is 0 Å². The van der Waals surface area contributed by atoms with Gasteiger partial charge in [-0.25, -0.2) is 4.39 Å². The van der Waals surface area contributed by atoms with Crippen molar-refractivity contribution in [1.82, 2.24) is 4.90 Å². The lowest BCUT2D eigenvalue weighted by molar-refractivity contribution is -0.110. The third-order valence-electron chi connectivity index (χ3n) is 5.91. The molecule has 0 aliphatic carbocycles. The van der Waals surface area contributed by atoms with Crippen LogP contribution in [0.2, 0.25) is 0 Å². The summed E-state index contributed by atoms with van der Waals surface area (Å²) >= 11 is 0. The number of fused-ring (bicyclic) bond motifs is 1. The number of rotatable bonds is 5. The Morgan fingerprint density at radius 1 is 1.14 bits per heavy atom. The summed E-state index contributed by atoms with van der Waals surface area (Å²) in [5.74, 6) is -0.585. The molecular weight excluding hydrogens is 367 g/mol. The zero-order valence-electron chi connectivity index (χ0n) is 16.9. The minimum Gasteiger partial charge on any atom is -0.369 e. The molecule has 4 rings (SSSR count). The van der Waals surface area contributed by atoms with Gasteiger partial charge in [0.2, 0.25) is 0 Å². The summed E-state index contributed by atoms with van der Waals surface area (Å²) in [7, 11) is 0. The summed E-state index contributed by atoms with van der Waals surface area (Å²) in [5.41, 5.74) is 3.74. The van der Waals surface area contributed by atoms with Gasteiger partial charge in [-0.15, -0.1) is 0 Å². The van der Waals surface area contributed by atoms with Gasteiger partial charge in [-0.3, -0.25) is 9.69 Å². The van der Waals surface area contributed by atoms with E-state index in [0.29, 0.717) is 22.9 Å². The summed E-state index contributed by atoms with van der Waals surface area (Å²) in [4.78, 5) is 17.1. The second-order valence-corrected chi connectivity index (χ2v) is 7.67. The van der Waals surface area contributed by atoms with Gasteiger partial charge in [-0.2, -0.15) is 0 Å². The number of anilines is 3. The lowest BCUT2D eigenvalue weighted by Crippen LogP contribution is -2.49. The molecule has 0 radical (unpaired) electrons. The molecule has 1 fully saturated rings. The maximum absolute atomic E-state index is 13.5. The molecule has 2 aliphatic heterocycles. The number of carbonyl (C=O) groups excluding carboxylic acids is 1. The van der Waals surface area contributed by atoms with Gasteiger partial charge >= 0.3 is 0 Å². The first-order chi connectivity index (χ1) is 14.0. The molecule has 5 nitrogen and oxygen atoms in total. The third-order valence-corrected chi connectivity index (χ3v) is 5.91. The van der Waals surface area contributed by atoms with E-state index in [2.05, 4.69) is 46.4 Å². The SMILES string of the molecule is CCC(C)N1CCN(c2ccc(N/C=C3/C(=O)Nc4ccc(F)cc43)cc2)CC1. The van der Waals surface area contributed by atoms with Gasteiger partial charge in [0.1, 0.15) is 5.82 Å². The van der Waals surface area contributed by atoms with E-state index in [9.17, 15) is 9.18 Å². The Morgan fingerprint density at radius 3 is 2.55 bits per heavy atom. The molecule has 1 atom stereocenters. The van der Waals surface area contributed by atoms with Crippen LogP contribution in [0.25, 0.3) is 5.57 Å². The number of nitrogens with one attached hydrogen (secondary N) is 2. The largest absolute Gasteiger partial charge is 0.369 e. The Morgan fingerprint density at radius 2 is 1.86 bits per heavy atom. The molecule has 2 heterocycles. The van der Waals surface area contributed by atoms with Crippen LogP contribution >= 0.6 is 0 Å². The Kier molecular flexibility index (Phi) is 5.53. The summed E-state index contributed by atoms with van der Waals surface area (Å²) in [6, 6.07) is 13.2. The zero-order chi connectivity index (χ0) is 20.4. The van der Waals surface area contributed by atoms with Gasteiger partial charge in [0.15, 0.2) is 0 Å². The third kappa shape index (κ3) is 4.12. The lowest BCUT2D eigenvalue weighted by Gasteiger charge is -2.39. The summed E-state index contributed by atoms with van der Waals surface area (Å²) in [6.45, 7) is 8.77. The first-order valence-corrected chi connectivity index (χ1v) is 10.2. The van der Waals surface area contributed by atoms with Gasteiger partial charge in [-0.1, -0.05) is 6.92 Å². The standard InChI is InChI=1S/C23H27FN4O/c1-3-16(2)27-10-12-28(13-11-27)19-7-5-18(6-8-19)25-15-21-20-14-17(24)4-9-22(20)26-23(21)29/h4-9,14-16,25H,3,10-13H2,1-2H3,(H,26,29)/b21-15+. The molecule has 0 spiro atoms. The number of nitrogens with zero attached hydrogens (tertiary/aromatic N) is 2. The molecule has 2 aromatic rings. The van der Waals surface area contributed by atoms with E-state index in [1.807, 2.05) is 12.1 Å².